The van der Waals surface area contributed by atoms with Crippen molar-refractivity contribution in [1.29, 1.82) is 0 Å². The van der Waals surface area contributed by atoms with Gasteiger partial charge >= 0.3 is 0 Å². The van der Waals surface area contributed by atoms with E-state index in [0.717, 1.165) is 17.8 Å². The number of aryl methyl sites for hydroxylation is 1. The number of hydrogen-bond donors (Lipinski definition) is 2. The van der Waals surface area contributed by atoms with Crippen LogP contribution in [0.4, 0.5) is 5.95 Å². The first-order valence-electron chi connectivity index (χ1n) is 7.47. The first kappa shape index (κ1) is 14.2. The fraction of sp³-hybridized carbons (Fsp3) is 0.125. The Hall–Kier alpha value is -3.42. The number of aromatic nitrogens is 6. The highest BCUT2D eigenvalue weighted by molar-refractivity contribution is 5.87. The number of anilines is 1. The van der Waals surface area contributed by atoms with Crippen LogP contribution in [0.2, 0.25) is 0 Å². The molecule has 0 unspecified atom stereocenters. The van der Waals surface area contributed by atoms with Crippen LogP contribution in [0.15, 0.2) is 43.1 Å². The lowest BCUT2D eigenvalue weighted by molar-refractivity contribution is 0.448. The van der Waals surface area contributed by atoms with Crippen molar-refractivity contribution >= 4 is 16.9 Å². The summed E-state index contributed by atoms with van der Waals surface area (Å²) in [5.41, 5.74) is 8.44. The maximum absolute atomic E-state index is 10.5. The van der Waals surface area contributed by atoms with Crippen LogP contribution in [0.3, 0.4) is 0 Å². The Morgan fingerprint density at radius 1 is 1.12 bits per heavy atom. The van der Waals surface area contributed by atoms with Crippen LogP contribution in [0.25, 0.3) is 27.8 Å². The van der Waals surface area contributed by atoms with Gasteiger partial charge < -0.3 is 10.8 Å². The second-order valence-corrected chi connectivity index (χ2v) is 5.34. The van der Waals surface area contributed by atoms with Gasteiger partial charge in [0.25, 0.3) is 0 Å². The highest BCUT2D eigenvalue weighted by Gasteiger charge is 2.13. The van der Waals surface area contributed by atoms with E-state index >= 15 is 0 Å². The minimum Gasteiger partial charge on any atom is -0.494 e. The number of nitrogens with two attached hydrogens (primary N) is 1. The molecule has 8 nitrogen and oxygen atoms in total. The van der Waals surface area contributed by atoms with Crippen LogP contribution in [0.5, 0.6) is 5.88 Å². The van der Waals surface area contributed by atoms with Gasteiger partial charge in [0.2, 0.25) is 11.8 Å². The van der Waals surface area contributed by atoms with Crippen molar-refractivity contribution in [3.63, 3.8) is 0 Å². The van der Waals surface area contributed by atoms with Crippen LogP contribution in [0.1, 0.15) is 6.92 Å². The molecular formula is C16H15N7O. The predicted octanol–water partition coefficient (Wildman–Crippen LogP) is 1.99. The Morgan fingerprint density at radius 3 is 2.62 bits per heavy atom. The zero-order valence-corrected chi connectivity index (χ0v) is 13.0. The van der Waals surface area contributed by atoms with Crippen molar-refractivity contribution in [2.24, 2.45) is 0 Å². The van der Waals surface area contributed by atoms with Gasteiger partial charge in [0, 0.05) is 36.9 Å². The van der Waals surface area contributed by atoms with Gasteiger partial charge in [0.15, 0.2) is 0 Å². The molecular weight excluding hydrogens is 306 g/mol. The van der Waals surface area contributed by atoms with E-state index in [1.54, 1.807) is 34.0 Å². The topological polar surface area (TPSA) is 108 Å². The third-order valence-corrected chi connectivity index (χ3v) is 3.83. The van der Waals surface area contributed by atoms with Crippen molar-refractivity contribution in [2.45, 2.75) is 13.5 Å². The maximum Gasteiger partial charge on any atom is 0.219 e. The second kappa shape index (κ2) is 5.34. The number of aromatic hydroxyl groups is 1. The smallest absolute Gasteiger partial charge is 0.219 e. The van der Waals surface area contributed by atoms with Gasteiger partial charge in [0.1, 0.15) is 0 Å². The molecule has 0 atom stereocenters. The van der Waals surface area contributed by atoms with Gasteiger partial charge in [-0.3, -0.25) is 9.25 Å². The van der Waals surface area contributed by atoms with Crippen LogP contribution >= 0.6 is 0 Å². The van der Waals surface area contributed by atoms with E-state index in [1.807, 2.05) is 25.3 Å². The van der Waals surface area contributed by atoms with Crippen LogP contribution < -0.4 is 5.73 Å². The third kappa shape index (κ3) is 2.24. The van der Waals surface area contributed by atoms with Crippen LogP contribution in [-0.4, -0.2) is 34.4 Å². The van der Waals surface area contributed by atoms with Crippen LogP contribution in [-0.2, 0) is 6.54 Å². The maximum atomic E-state index is 10.5. The van der Waals surface area contributed by atoms with Crippen molar-refractivity contribution in [3.05, 3.63) is 43.1 Å². The summed E-state index contributed by atoms with van der Waals surface area (Å²) in [4.78, 5) is 12.5. The Bertz CT molecular complexity index is 1020. The van der Waals surface area contributed by atoms with E-state index in [4.69, 9.17) is 5.73 Å². The summed E-state index contributed by atoms with van der Waals surface area (Å²) < 4.78 is 3.46. The summed E-state index contributed by atoms with van der Waals surface area (Å²) in [7, 11) is 0. The van der Waals surface area contributed by atoms with E-state index in [9.17, 15) is 5.11 Å². The highest BCUT2D eigenvalue weighted by Crippen LogP contribution is 2.30. The van der Waals surface area contributed by atoms with E-state index in [1.165, 1.54) is 0 Å². The molecule has 24 heavy (non-hydrogen) atoms. The molecule has 8 heteroatoms. The van der Waals surface area contributed by atoms with Crippen molar-refractivity contribution in [3.8, 4) is 22.8 Å². The van der Waals surface area contributed by atoms with Crippen molar-refractivity contribution in [2.75, 3.05) is 5.73 Å². The molecule has 4 rings (SSSR count). The molecule has 4 aromatic heterocycles. The Labute approximate surface area is 137 Å². The van der Waals surface area contributed by atoms with E-state index in [2.05, 4.69) is 20.1 Å². The molecule has 0 aliphatic heterocycles. The molecule has 120 valence electrons. The molecule has 0 radical (unpaired) electrons. The molecule has 0 amide bonds. The number of nitrogen functional groups attached to an aromatic ring is 1. The number of rotatable bonds is 3. The van der Waals surface area contributed by atoms with Gasteiger partial charge in [-0.05, 0) is 19.1 Å². The summed E-state index contributed by atoms with van der Waals surface area (Å²) in [5.74, 6) is 0.352. The summed E-state index contributed by atoms with van der Waals surface area (Å²) in [5, 5.41) is 15.4. The lowest BCUT2D eigenvalue weighted by atomic mass is 10.2. The fourth-order valence-corrected chi connectivity index (χ4v) is 2.55. The standard InChI is InChI=1S/C16H15N7O/c1-2-22-8-11(7-20-22)23-9-14-12(15(23)24)3-4-13(21-14)10-5-18-16(17)19-6-10/h3-9,24H,2H2,1H3,(H2,17,18,19). The lowest BCUT2D eigenvalue weighted by Gasteiger charge is -2.00. The third-order valence-electron chi connectivity index (χ3n) is 3.83. The van der Waals surface area contributed by atoms with Gasteiger partial charge in [-0.25, -0.2) is 15.0 Å². The minimum absolute atomic E-state index is 0.133. The molecule has 3 N–H and O–H groups in total. The highest BCUT2D eigenvalue weighted by atomic mass is 16.3. The first-order chi connectivity index (χ1) is 11.7. The molecule has 4 heterocycles. The van der Waals surface area contributed by atoms with Gasteiger partial charge in [-0.2, -0.15) is 5.10 Å². The normalized spacial score (nSPS) is 11.2. The molecule has 0 bridgehead atoms. The van der Waals surface area contributed by atoms with Crippen LogP contribution in [0, 0.1) is 0 Å². The number of nitrogens with zero attached hydrogens (tertiary/aromatic N) is 6. The molecule has 0 aromatic carbocycles. The molecule has 0 aliphatic rings. The number of fused-ring (bicyclic) bond motifs is 1. The predicted molar refractivity (Wildman–Crippen MR) is 89.6 cm³/mol. The van der Waals surface area contributed by atoms with Gasteiger partial charge in [-0.1, -0.05) is 0 Å². The average molecular weight is 321 g/mol. The van der Waals surface area contributed by atoms with Crippen molar-refractivity contribution in [1.82, 2.24) is 29.3 Å². The average Bonchev–Trinajstić information content (AvgIpc) is 3.20. The molecule has 0 saturated heterocycles. The molecule has 0 aliphatic carbocycles. The molecule has 0 spiro atoms. The van der Waals surface area contributed by atoms with E-state index in [0.29, 0.717) is 16.6 Å². The second-order valence-electron chi connectivity index (χ2n) is 5.34. The zero-order valence-electron chi connectivity index (χ0n) is 13.0. The van der Waals surface area contributed by atoms with Crippen molar-refractivity contribution < 1.29 is 5.11 Å². The Kier molecular flexibility index (Phi) is 3.16. The Balaban J connectivity index is 1.81. The molecule has 4 aromatic rings. The van der Waals surface area contributed by atoms with E-state index in [-0.39, 0.29) is 11.8 Å². The molecule has 0 fully saturated rings. The summed E-state index contributed by atoms with van der Waals surface area (Å²) in [6.45, 7) is 2.77. The largest absolute Gasteiger partial charge is 0.494 e. The monoisotopic (exact) mass is 321 g/mol. The van der Waals surface area contributed by atoms with Gasteiger partial charge in [0.05, 0.1) is 28.5 Å². The number of pyridine rings is 1. The van der Waals surface area contributed by atoms with Gasteiger partial charge in [-0.15, -0.1) is 0 Å². The summed E-state index contributed by atoms with van der Waals surface area (Å²) in [6, 6.07) is 3.64. The molecule has 0 saturated carbocycles. The SMILES string of the molecule is CCn1cc(-n2cc3nc(-c4cnc(N)nc4)ccc3c2O)cn1. The summed E-state index contributed by atoms with van der Waals surface area (Å²) in [6.07, 6.45) is 8.60. The summed E-state index contributed by atoms with van der Waals surface area (Å²) >= 11 is 0. The Morgan fingerprint density at radius 2 is 1.92 bits per heavy atom. The minimum atomic E-state index is 0.133. The van der Waals surface area contributed by atoms with E-state index < -0.39 is 0 Å². The zero-order chi connectivity index (χ0) is 16.7. The lowest BCUT2D eigenvalue weighted by Crippen LogP contribution is -1.94. The quantitative estimate of drug-likeness (QED) is 0.597. The first-order valence-corrected chi connectivity index (χ1v) is 7.47. The fourth-order valence-electron chi connectivity index (χ4n) is 2.55. The number of hydrogen-bond acceptors (Lipinski definition) is 6.